The molecule has 110 valence electrons. The van der Waals surface area contributed by atoms with Crippen molar-refractivity contribution in [1.29, 1.82) is 0 Å². The number of benzene rings is 1. The predicted molar refractivity (Wildman–Crippen MR) is 86.6 cm³/mol. The number of nitrogens with two attached hydrogens (primary N) is 1. The van der Waals surface area contributed by atoms with Gasteiger partial charge in [0.1, 0.15) is 5.82 Å². The predicted octanol–water partition coefficient (Wildman–Crippen LogP) is 3.03. The lowest BCUT2D eigenvalue weighted by atomic mass is 10.0. The Morgan fingerprint density at radius 1 is 1.29 bits per heavy atom. The molecule has 1 aromatic carbocycles. The molecule has 0 atom stereocenters. The van der Waals surface area contributed by atoms with Crippen molar-refractivity contribution in [2.45, 2.75) is 25.8 Å². The number of hydrogen-bond donors (Lipinski definition) is 1. The van der Waals surface area contributed by atoms with Crippen molar-refractivity contribution in [3.63, 3.8) is 0 Å². The number of aromatic nitrogens is 2. The van der Waals surface area contributed by atoms with E-state index >= 15 is 0 Å². The second kappa shape index (κ2) is 6.00. The van der Waals surface area contributed by atoms with Crippen LogP contribution in [0.5, 0.6) is 0 Å². The maximum Gasteiger partial charge on any atom is 0.126 e. The number of halogens is 1. The van der Waals surface area contributed by atoms with Crippen LogP contribution in [0.25, 0.3) is 11.3 Å². The molecule has 0 saturated carbocycles. The maximum atomic E-state index is 6.12. The molecule has 1 aromatic heterocycles. The third-order valence-corrected chi connectivity index (χ3v) is 4.10. The van der Waals surface area contributed by atoms with Crippen LogP contribution in [0.1, 0.15) is 18.7 Å². The van der Waals surface area contributed by atoms with Crippen molar-refractivity contribution in [3.8, 4) is 11.3 Å². The van der Waals surface area contributed by atoms with Gasteiger partial charge in [-0.15, -0.1) is 0 Å². The van der Waals surface area contributed by atoms with Crippen molar-refractivity contribution in [3.05, 3.63) is 41.3 Å². The Kier molecular flexibility index (Phi) is 4.08. The fourth-order valence-electron chi connectivity index (χ4n) is 2.68. The van der Waals surface area contributed by atoms with Crippen LogP contribution in [0, 0.1) is 6.92 Å². The summed E-state index contributed by atoms with van der Waals surface area (Å²) < 4.78 is 0. The van der Waals surface area contributed by atoms with Gasteiger partial charge in [-0.1, -0.05) is 23.7 Å². The first-order valence-electron chi connectivity index (χ1n) is 7.23. The Morgan fingerprint density at radius 2 is 2.05 bits per heavy atom. The highest BCUT2D eigenvalue weighted by molar-refractivity contribution is 6.30. The first-order valence-corrected chi connectivity index (χ1v) is 7.61. The van der Waals surface area contributed by atoms with E-state index in [-0.39, 0.29) is 0 Å². The molecule has 0 amide bonds. The highest BCUT2D eigenvalue weighted by Crippen LogP contribution is 2.31. The van der Waals surface area contributed by atoms with Gasteiger partial charge in [0.05, 0.1) is 17.6 Å². The summed E-state index contributed by atoms with van der Waals surface area (Å²) in [4.78, 5) is 11.3. The van der Waals surface area contributed by atoms with E-state index in [1.807, 2.05) is 37.4 Å². The summed E-state index contributed by atoms with van der Waals surface area (Å²) in [5.74, 6) is 0.766. The molecule has 5 heteroatoms. The molecule has 21 heavy (non-hydrogen) atoms. The van der Waals surface area contributed by atoms with E-state index < -0.39 is 0 Å². The van der Waals surface area contributed by atoms with Crippen LogP contribution in [0.2, 0.25) is 5.02 Å². The molecule has 1 aliphatic heterocycles. The monoisotopic (exact) mass is 302 g/mol. The summed E-state index contributed by atoms with van der Waals surface area (Å²) in [7, 11) is 0. The average Bonchev–Trinajstić information content (AvgIpc) is 2.48. The van der Waals surface area contributed by atoms with Crippen molar-refractivity contribution in [2.24, 2.45) is 5.73 Å². The van der Waals surface area contributed by atoms with E-state index in [2.05, 4.69) is 14.9 Å². The first kappa shape index (κ1) is 14.3. The van der Waals surface area contributed by atoms with Gasteiger partial charge in [-0.05, 0) is 31.9 Å². The van der Waals surface area contributed by atoms with Crippen LogP contribution in [0.15, 0.2) is 30.5 Å². The molecule has 2 heterocycles. The van der Waals surface area contributed by atoms with Crippen molar-refractivity contribution in [2.75, 3.05) is 18.0 Å². The fraction of sp³-hybridized carbons (Fsp3) is 0.375. The van der Waals surface area contributed by atoms with Gasteiger partial charge < -0.3 is 10.6 Å². The van der Waals surface area contributed by atoms with Gasteiger partial charge in [0.15, 0.2) is 0 Å². The summed E-state index contributed by atoms with van der Waals surface area (Å²) >= 11 is 6.12. The highest BCUT2D eigenvalue weighted by Gasteiger charge is 2.20. The third kappa shape index (κ3) is 3.17. The minimum Gasteiger partial charge on any atom is -0.368 e. The summed E-state index contributed by atoms with van der Waals surface area (Å²) in [6.07, 6.45) is 3.92. The zero-order chi connectivity index (χ0) is 14.8. The largest absolute Gasteiger partial charge is 0.368 e. The van der Waals surface area contributed by atoms with Gasteiger partial charge >= 0.3 is 0 Å². The van der Waals surface area contributed by atoms with Crippen LogP contribution in [0.3, 0.4) is 0 Å². The molecule has 1 saturated heterocycles. The summed E-state index contributed by atoms with van der Waals surface area (Å²) in [6.45, 7) is 3.80. The van der Waals surface area contributed by atoms with Crippen LogP contribution in [0.4, 0.5) is 5.69 Å². The second-order valence-corrected chi connectivity index (χ2v) is 5.92. The minimum absolute atomic E-state index is 0.308. The Bertz CT molecular complexity index is 636. The number of piperidine rings is 1. The highest BCUT2D eigenvalue weighted by atomic mass is 35.5. The van der Waals surface area contributed by atoms with E-state index in [4.69, 9.17) is 17.3 Å². The smallest absolute Gasteiger partial charge is 0.126 e. The first-order chi connectivity index (χ1) is 10.1. The second-order valence-electron chi connectivity index (χ2n) is 5.49. The number of nitrogens with zero attached hydrogens (tertiary/aromatic N) is 3. The van der Waals surface area contributed by atoms with E-state index in [0.717, 1.165) is 53.7 Å². The van der Waals surface area contributed by atoms with E-state index in [9.17, 15) is 0 Å². The Balaban J connectivity index is 2.01. The summed E-state index contributed by atoms with van der Waals surface area (Å²) in [6, 6.07) is 8.11. The molecule has 1 aliphatic rings. The van der Waals surface area contributed by atoms with E-state index in [0.29, 0.717) is 6.04 Å². The zero-order valence-electron chi connectivity index (χ0n) is 12.1. The van der Waals surface area contributed by atoms with Crippen molar-refractivity contribution < 1.29 is 0 Å². The maximum absolute atomic E-state index is 6.12. The lowest BCUT2D eigenvalue weighted by Crippen LogP contribution is -2.40. The number of rotatable bonds is 2. The van der Waals surface area contributed by atoms with Gasteiger partial charge in [0.25, 0.3) is 0 Å². The third-order valence-electron chi connectivity index (χ3n) is 3.87. The number of aryl methyl sites for hydroxylation is 1. The Hall–Kier alpha value is -1.65. The molecule has 0 spiro atoms. The lowest BCUT2D eigenvalue weighted by Gasteiger charge is -2.32. The molecule has 1 fully saturated rings. The van der Waals surface area contributed by atoms with Gasteiger partial charge in [0, 0.05) is 29.7 Å². The van der Waals surface area contributed by atoms with Crippen LogP contribution < -0.4 is 10.6 Å². The minimum atomic E-state index is 0.308. The normalized spacial score (nSPS) is 16.2. The molecular weight excluding hydrogens is 284 g/mol. The molecule has 0 unspecified atom stereocenters. The quantitative estimate of drug-likeness (QED) is 0.926. The molecular formula is C16H19ClN4. The van der Waals surface area contributed by atoms with Gasteiger partial charge in [0.2, 0.25) is 0 Å². The van der Waals surface area contributed by atoms with E-state index in [1.165, 1.54) is 0 Å². The SMILES string of the molecule is Cc1ncc(N2CCC(N)CC2)c(-c2cccc(Cl)c2)n1. The Morgan fingerprint density at radius 3 is 2.76 bits per heavy atom. The van der Waals surface area contributed by atoms with Gasteiger partial charge in [-0.25, -0.2) is 9.97 Å². The summed E-state index contributed by atoms with van der Waals surface area (Å²) in [5, 5.41) is 0.718. The van der Waals surface area contributed by atoms with Crippen LogP contribution in [-0.2, 0) is 0 Å². The molecule has 2 aromatic rings. The van der Waals surface area contributed by atoms with Crippen LogP contribution >= 0.6 is 11.6 Å². The van der Waals surface area contributed by atoms with E-state index in [1.54, 1.807) is 0 Å². The fourth-order valence-corrected chi connectivity index (χ4v) is 2.87. The molecule has 3 rings (SSSR count). The average molecular weight is 303 g/mol. The lowest BCUT2D eigenvalue weighted by molar-refractivity contribution is 0.501. The number of anilines is 1. The molecule has 0 aliphatic carbocycles. The topological polar surface area (TPSA) is 55.0 Å². The van der Waals surface area contributed by atoms with Crippen molar-refractivity contribution >= 4 is 17.3 Å². The standard InChI is InChI=1S/C16H19ClN4/c1-11-19-10-15(21-7-5-14(18)6-8-21)16(20-11)12-3-2-4-13(17)9-12/h2-4,9-10,14H,5-8,18H2,1H3. The van der Waals surface area contributed by atoms with Crippen molar-refractivity contribution in [1.82, 2.24) is 9.97 Å². The Labute approximate surface area is 130 Å². The van der Waals surface area contributed by atoms with Gasteiger partial charge in [-0.2, -0.15) is 0 Å². The molecule has 0 radical (unpaired) electrons. The molecule has 2 N–H and O–H groups in total. The summed E-state index contributed by atoms with van der Waals surface area (Å²) in [5.41, 5.74) is 9.03. The zero-order valence-corrected chi connectivity index (χ0v) is 12.8. The van der Waals surface area contributed by atoms with Gasteiger partial charge in [-0.3, -0.25) is 0 Å². The number of hydrogen-bond acceptors (Lipinski definition) is 4. The molecule has 4 nitrogen and oxygen atoms in total. The molecule has 0 bridgehead atoms. The van der Waals surface area contributed by atoms with Crippen LogP contribution in [-0.4, -0.2) is 29.1 Å².